The summed E-state index contributed by atoms with van der Waals surface area (Å²) in [5, 5.41) is 6.35. The van der Waals surface area contributed by atoms with Crippen LogP contribution in [0, 0.1) is 5.92 Å². The minimum atomic E-state index is -0.840. The molecule has 10 nitrogen and oxygen atoms in total. The van der Waals surface area contributed by atoms with E-state index in [2.05, 4.69) is 10.6 Å². The van der Waals surface area contributed by atoms with E-state index >= 15 is 0 Å². The van der Waals surface area contributed by atoms with Crippen molar-refractivity contribution in [2.45, 2.75) is 51.2 Å². The molecule has 2 atom stereocenters. The molecular formula is C36H45N5O5. The number of para-hydroxylation sites is 1. The van der Waals surface area contributed by atoms with Crippen LogP contribution in [0.1, 0.15) is 37.3 Å². The normalized spacial score (nSPS) is 18.6. The number of benzene rings is 3. The molecule has 5 rings (SSSR count). The van der Waals surface area contributed by atoms with Gasteiger partial charge in [-0.05, 0) is 86.3 Å². The quantitative estimate of drug-likeness (QED) is 0.250. The lowest BCUT2D eigenvalue weighted by Crippen LogP contribution is -2.66. The molecule has 2 fully saturated rings. The number of nitrogens with two attached hydrogens (primary N) is 1. The summed E-state index contributed by atoms with van der Waals surface area (Å²) in [7, 11) is 0. The average molecular weight is 628 g/mol. The van der Waals surface area contributed by atoms with Gasteiger partial charge in [0.1, 0.15) is 29.3 Å². The molecule has 4 N–H and O–H groups in total. The molecule has 2 unspecified atom stereocenters. The zero-order valence-electron chi connectivity index (χ0n) is 26.5. The number of piperidine rings is 1. The average Bonchev–Trinajstić information content (AvgIpc) is 3.07. The first-order valence-electron chi connectivity index (χ1n) is 16.3. The fourth-order valence-corrected chi connectivity index (χ4v) is 6.09. The number of rotatable bonds is 14. The lowest BCUT2D eigenvalue weighted by atomic mass is 9.96. The molecule has 2 aliphatic heterocycles. The Morgan fingerprint density at radius 3 is 2.22 bits per heavy atom. The molecule has 3 aromatic carbocycles. The maximum absolute atomic E-state index is 14.2. The molecule has 0 aromatic heterocycles. The van der Waals surface area contributed by atoms with Crippen LogP contribution in [0.4, 0.5) is 0 Å². The lowest BCUT2D eigenvalue weighted by molar-refractivity contribution is -0.152. The van der Waals surface area contributed by atoms with Crippen molar-refractivity contribution in [2.75, 3.05) is 39.3 Å². The number of nitrogens with one attached hydrogen (secondary N) is 2. The number of hydrogen-bond donors (Lipinski definition) is 3. The first-order valence-corrected chi connectivity index (χ1v) is 16.3. The highest BCUT2D eigenvalue weighted by Gasteiger charge is 2.42. The van der Waals surface area contributed by atoms with Crippen molar-refractivity contribution in [1.29, 1.82) is 0 Å². The summed E-state index contributed by atoms with van der Waals surface area (Å²) < 4.78 is 11.5. The number of ether oxygens (including phenoxy) is 2. The van der Waals surface area contributed by atoms with Gasteiger partial charge in [0, 0.05) is 32.5 Å². The number of piperazine rings is 1. The summed E-state index contributed by atoms with van der Waals surface area (Å²) in [5.41, 5.74) is 7.54. The molecule has 10 heteroatoms. The van der Waals surface area contributed by atoms with Crippen molar-refractivity contribution in [3.8, 4) is 17.2 Å². The van der Waals surface area contributed by atoms with Gasteiger partial charge in [-0.2, -0.15) is 0 Å². The summed E-state index contributed by atoms with van der Waals surface area (Å²) in [6.07, 6.45) is 2.44. The Bertz CT molecular complexity index is 1430. The van der Waals surface area contributed by atoms with Gasteiger partial charge in [0.25, 0.3) is 0 Å². The monoisotopic (exact) mass is 627 g/mol. The van der Waals surface area contributed by atoms with Crippen molar-refractivity contribution >= 4 is 17.7 Å². The number of carbonyl (C=O) groups excluding carboxylic acids is 3. The summed E-state index contributed by atoms with van der Waals surface area (Å²) in [5.74, 6) is 1.92. The minimum absolute atomic E-state index is 0.0971. The maximum atomic E-state index is 14.2. The number of nitrogens with zero attached hydrogens (tertiary/aromatic N) is 2. The maximum Gasteiger partial charge on any atom is 0.246 e. The van der Waals surface area contributed by atoms with Gasteiger partial charge in [-0.15, -0.1) is 0 Å². The zero-order valence-corrected chi connectivity index (χ0v) is 26.5. The Morgan fingerprint density at radius 1 is 0.891 bits per heavy atom. The number of carbonyl (C=O) groups is 3. The number of amides is 3. The van der Waals surface area contributed by atoms with Crippen LogP contribution in [-0.2, 0) is 27.3 Å². The third-order valence-electron chi connectivity index (χ3n) is 8.55. The van der Waals surface area contributed by atoms with E-state index in [1.165, 1.54) is 0 Å². The van der Waals surface area contributed by atoms with Gasteiger partial charge in [0.05, 0.1) is 13.2 Å². The summed E-state index contributed by atoms with van der Waals surface area (Å²) in [6, 6.07) is 23.0. The molecule has 0 radical (unpaired) electrons. The van der Waals surface area contributed by atoms with Crippen molar-refractivity contribution in [1.82, 2.24) is 20.4 Å². The molecule has 2 heterocycles. The van der Waals surface area contributed by atoms with E-state index in [9.17, 15) is 14.4 Å². The highest BCUT2D eigenvalue weighted by Crippen LogP contribution is 2.25. The van der Waals surface area contributed by atoms with Gasteiger partial charge in [0.15, 0.2) is 0 Å². The van der Waals surface area contributed by atoms with E-state index < -0.39 is 12.1 Å². The van der Waals surface area contributed by atoms with E-state index in [4.69, 9.17) is 15.2 Å². The van der Waals surface area contributed by atoms with Gasteiger partial charge in [0.2, 0.25) is 17.7 Å². The van der Waals surface area contributed by atoms with Gasteiger partial charge in [-0.1, -0.05) is 42.5 Å². The molecule has 3 amide bonds. The van der Waals surface area contributed by atoms with E-state index in [0.717, 1.165) is 48.6 Å². The highest BCUT2D eigenvalue weighted by molar-refractivity contribution is 5.97. The molecular weight excluding hydrogens is 582 g/mol. The minimum Gasteiger partial charge on any atom is -0.494 e. The molecule has 3 aromatic rings. The lowest BCUT2D eigenvalue weighted by Gasteiger charge is -2.42. The van der Waals surface area contributed by atoms with E-state index in [0.29, 0.717) is 31.2 Å². The third-order valence-corrected chi connectivity index (χ3v) is 8.55. The first-order chi connectivity index (χ1) is 22.4. The van der Waals surface area contributed by atoms with Crippen LogP contribution >= 0.6 is 0 Å². The van der Waals surface area contributed by atoms with Gasteiger partial charge in [-0.25, -0.2) is 0 Å². The number of hydrogen-bond acceptors (Lipinski definition) is 7. The van der Waals surface area contributed by atoms with Crippen molar-refractivity contribution in [3.63, 3.8) is 0 Å². The Labute approximate surface area is 271 Å². The Hall–Kier alpha value is -4.41. The SMILES string of the molecule is CCOc1ccc(CC2NC(=O)C(CN(CC3CCNCC3)C(=O)CCN)N(Cc3ccc(Oc4ccccc4)cc3)C2=O)cc1. The largest absolute Gasteiger partial charge is 0.494 e. The predicted octanol–water partition coefficient (Wildman–Crippen LogP) is 3.49. The van der Waals surface area contributed by atoms with Crippen LogP contribution in [-0.4, -0.2) is 78.9 Å². The van der Waals surface area contributed by atoms with Gasteiger partial charge in [-0.3, -0.25) is 14.4 Å². The second-order valence-electron chi connectivity index (χ2n) is 11.9. The Morgan fingerprint density at radius 2 is 1.54 bits per heavy atom. The van der Waals surface area contributed by atoms with Crippen molar-refractivity contribution in [2.24, 2.45) is 11.7 Å². The van der Waals surface area contributed by atoms with Gasteiger partial charge < -0.3 is 35.6 Å². The molecule has 0 aliphatic carbocycles. The highest BCUT2D eigenvalue weighted by atomic mass is 16.5. The van der Waals surface area contributed by atoms with Crippen molar-refractivity contribution in [3.05, 3.63) is 90.0 Å². The molecule has 46 heavy (non-hydrogen) atoms. The molecule has 244 valence electrons. The Balaban J connectivity index is 1.37. The van der Waals surface area contributed by atoms with Crippen LogP contribution in [0.5, 0.6) is 17.2 Å². The van der Waals surface area contributed by atoms with Crippen LogP contribution < -0.4 is 25.8 Å². The Kier molecular flexibility index (Phi) is 11.6. The second-order valence-corrected chi connectivity index (χ2v) is 11.9. The fourth-order valence-electron chi connectivity index (χ4n) is 6.09. The van der Waals surface area contributed by atoms with E-state index in [-0.39, 0.29) is 43.8 Å². The second kappa shape index (κ2) is 16.2. The zero-order chi connectivity index (χ0) is 32.3. The summed E-state index contributed by atoms with van der Waals surface area (Å²) >= 11 is 0. The smallest absolute Gasteiger partial charge is 0.246 e. The van der Waals surface area contributed by atoms with Crippen LogP contribution in [0.3, 0.4) is 0 Å². The van der Waals surface area contributed by atoms with Crippen LogP contribution in [0.25, 0.3) is 0 Å². The van der Waals surface area contributed by atoms with E-state index in [1.807, 2.05) is 85.8 Å². The van der Waals surface area contributed by atoms with E-state index in [1.54, 1.807) is 9.80 Å². The molecule has 2 saturated heterocycles. The predicted molar refractivity (Wildman–Crippen MR) is 176 cm³/mol. The molecule has 2 aliphatic rings. The topological polar surface area (TPSA) is 126 Å². The molecule has 0 spiro atoms. The molecule has 0 bridgehead atoms. The van der Waals surface area contributed by atoms with Gasteiger partial charge >= 0.3 is 0 Å². The van der Waals surface area contributed by atoms with Crippen LogP contribution in [0.2, 0.25) is 0 Å². The first kappa shape index (κ1) is 33.0. The summed E-state index contributed by atoms with van der Waals surface area (Å²) in [6.45, 7) is 5.38. The van der Waals surface area contributed by atoms with Crippen LogP contribution in [0.15, 0.2) is 78.9 Å². The summed E-state index contributed by atoms with van der Waals surface area (Å²) in [4.78, 5) is 44.7. The third kappa shape index (κ3) is 8.86. The van der Waals surface area contributed by atoms with Crippen molar-refractivity contribution < 1.29 is 23.9 Å². The fraction of sp³-hybridized carbons (Fsp3) is 0.417. The molecule has 0 saturated carbocycles. The standard InChI is InChI=1S/C36H45N5O5/c1-2-45-29-12-8-26(9-13-29)22-32-36(44)41(24-27-10-14-31(15-11-27)46-30-6-4-3-5-7-30)33(35(43)39-32)25-40(34(42)16-19-37)23-28-17-20-38-21-18-28/h3-15,28,32-33,38H,2,16-25,37H2,1H3,(H,39,43).